The summed E-state index contributed by atoms with van der Waals surface area (Å²) in [7, 11) is 0. The van der Waals surface area contributed by atoms with Gasteiger partial charge in [0.05, 0.1) is 29.6 Å². The van der Waals surface area contributed by atoms with E-state index in [1.165, 1.54) is 0 Å². The van der Waals surface area contributed by atoms with Gasteiger partial charge in [0.25, 0.3) is 5.91 Å². The van der Waals surface area contributed by atoms with Crippen molar-refractivity contribution >= 4 is 11.6 Å². The topological polar surface area (TPSA) is 76.5 Å². The fraction of sp³-hybridized carbons (Fsp3) is 0.259. The van der Waals surface area contributed by atoms with E-state index in [2.05, 4.69) is 17.2 Å². The molecule has 0 saturated heterocycles. The van der Waals surface area contributed by atoms with E-state index in [0.717, 1.165) is 53.2 Å². The SMILES string of the molecule is CCCCc1cn(-c2ccc(C3=NN(C(=O)c4ccc(C)cc4)C(c4ccco4)C3)cc2)nn1. The lowest BCUT2D eigenvalue weighted by atomic mass is 10.0. The smallest absolute Gasteiger partial charge is 0.274 e. The van der Waals surface area contributed by atoms with Gasteiger partial charge in [-0.3, -0.25) is 4.79 Å². The Kier molecular flexibility index (Phi) is 6.08. The number of furan rings is 1. The lowest BCUT2D eigenvalue weighted by Crippen LogP contribution is -2.26. The molecule has 1 aliphatic heterocycles. The van der Waals surface area contributed by atoms with E-state index in [1.807, 2.05) is 73.8 Å². The van der Waals surface area contributed by atoms with Crippen LogP contribution in [0.2, 0.25) is 0 Å². The van der Waals surface area contributed by atoms with Crippen molar-refractivity contribution in [1.82, 2.24) is 20.0 Å². The van der Waals surface area contributed by atoms with Crippen LogP contribution in [0.1, 0.15) is 65.2 Å². The summed E-state index contributed by atoms with van der Waals surface area (Å²) in [5, 5.41) is 14.8. The van der Waals surface area contributed by atoms with E-state index in [0.29, 0.717) is 12.0 Å². The van der Waals surface area contributed by atoms with Crippen LogP contribution in [-0.4, -0.2) is 31.6 Å². The minimum Gasteiger partial charge on any atom is -0.467 e. The number of aromatic nitrogens is 3. The maximum atomic E-state index is 13.3. The first-order chi connectivity index (χ1) is 16.6. The first-order valence-corrected chi connectivity index (χ1v) is 11.7. The highest BCUT2D eigenvalue weighted by Crippen LogP contribution is 2.34. The van der Waals surface area contributed by atoms with E-state index in [9.17, 15) is 4.79 Å². The van der Waals surface area contributed by atoms with Gasteiger partial charge < -0.3 is 4.42 Å². The number of carbonyl (C=O) groups excluding carboxylic acids is 1. The van der Waals surface area contributed by atoms with Crippen molar-refractivity contribution in [3.8, 4) is 5.69 Å². The van der Waals surface area contributed by atoms with Crippen LogP contribution in [0.5, 0.6) is 0 Å². The van der Waals surface area contributed by atoms with E-state index in [4.69, 9.17) is 9.52 Å². The molecule has 3 heterocycles. The molecular weight excluding hydrogens is 426 g/mol. The lowest BCUT2D eigenvalue weighted by molar-refractivity contribution is 0.0693. The van der Waals surface area contributed by atoms with E-state index >= 15 is 0 Å². The van der Waals surface area contributed by atoms with Crippen molar-refractivity contribution in [3.05, 3.63) is 101 Å². The van der Waals surface area contributed by atoms with Crippen LogP contribution in [0.4, 0.5) is 0 Å². The zero-order valence-corrected chi connectivity index (χ0v) is 19.4. The number of unbranched alkanes of at least 4 members (excludes halogenated alkanes) is 1. The lowest BCUT2D eigenvalue weighted by Gasteiger charge is -2.20. The van der Waals surface area contributed by atoms with Crippen molar-refractivity contribution in [2.45, 2.75) is 45.6 Å². The predicted octanol–water partition coefficient (Wildman–Crippen LogP) is 5.50. The molecule has 0 fully saturated rings. The zero-order chi connectivity index (χ0) is 23.5. The second-order valence-electron chi connectivity index (χ2n) is 8.60. The Hall–Kier alpha value is -4.00. The number of aryl methyl sites for hydroxylation is 2. The molecule has 172 valence electrons. The van der Waals surface area contributed by atoms with Gasteiger partial charge in [0.2, 0.25) is 0 Å². The number of benzene rings is 2. The first-order valence-electron chi connectivity index (χ1n) is 11.7. The Morgan fingerprint density at radius 1 is 1.09 bits per heavy atom. The molecule has 4 aromatic rings. The van der Waals surface area contributed by atoms with Gasteiger partial charge in [0, 0.05) is 12.0 Å². The van der Waals surface area contributed by atoms with Gasteiger partial charge in [-0.25, -0.2) is 9.69 Å². The van der Waals surface area contributed by atoms with Crippen LogP contribution in [-0.2, 0) is 6.42 Å². The standard InChI is InChI=1S/C27H27N5O2/c1-3-4-6-22-18-31(30-28-22)23-14-12-20(13-15-23)24-17-25(26-7-5-16-34-26)32(29-24)27(33)21-10-8-19(2)9-11-21/h5,7-16,18,25H,3-4,6,17H2,1-2H3. The summed E-state index contributed by atoms with van der Waals surface area (Å²) in [6.07, 6.45) is 7.35. The Morgan fingerprint density at radius 3 is 2.59 bits per heavy atom. The number of hydrazone groups is 1. The Morgan fingerprint density at radius 2 is 1.88 bits per heavy atom. The molecule has 2 aromatic heterocycles. The second-order valence-corrected chi connectivity index (χ2v) is 8.60. The molecule has 5 rings (SSSR count). The van der Waals surface area contributed by atoms with Crippen LogP contribution >= 0.6 is 0 Å². The molecule has 0 radical (unpaired) electrons. The van der Waals surface area contributed by atoms with Crippen LogP contribution in [0, 0.1) is 6.92 Å². The molecular formula is C27H27N5O2. The average Bonchev–Trinajstić information content (AvgIpc) is 3.63. The maximum Gasteiger partial charge on any atom is 0.274 e. The van der Waals surface area contributed by atoms with Gasteiger partial charge in [-0.05, 0) is 61.7 Å². The third kappa shape index (κ3) is 4.41. The molecule has 1 aliphatic rings. The largest absolute Gasteiger partial charge is 0.467 e. The Labute approximate surface area is 198 Å². The van der Waals surface area contributed by atoms with Crippen LogP contribution in [0.3, 0.4) is 0 Å². The number of carbonyl (C=O) groups is 1. The van der Waals surface area contributed by atoms with E-state index < -0.39 is 0 Å². The number of hydrogen-bond donors (Lipinski definition) is 0. The van der Waals surface area contributed by atoms with Crippen molar-refractivity contribution in [2.24, 2.45) is 5.10 Å². The summed E-state index contributed by atoms with van der Waals surface area (Å²) in [6, 6.07) is 19.0. The molecule has 0 spiro atoms. The Bertz CT molecular complexity index is 1290. The maximum absolute atomic E-state index is 13.3. The van der Waals surface area contributed by atoms with E-state index in [1.54, 1.807) is 16.0 Å². The van der Waals surface area contributed by atoms with Gasteiger partial charge in [-0.1, -0.05) is 48.4 Å². The van der Waals surface area contributed by atoms with E-state index in [-0.39, 0.29) is 11.9 Å². The van der Waals surface area contributed by atoms with Crippen LogP contribution < -0.4 is 0 Å². The molecule has 1 unspecified atom stereocenters. The third-order valence-corrected chi connectivity index (χ3v) is 6.08. The second kappa shape index (κ2) is 9.47. The predicted molar refractivity (Wildman–Crippen MR) is 130 cm³/mol. The fourth-order valence-corrected chi connectivity index (χ4v) is 4.11. The van der Waals surface area contributed by atoms with Crippen molar-refractivity contribution < 1.29 is 9.21 Å². The summed E-state index contributed by atoms with van der Waals surface area (Å²) >= 11 is 0. The van der Waals surface area contributed by atoms with Gasteiger partial charge in [0.15, 0.2) is 0 Å². The fourth-order valence-electron chi connectivity index (χ4n) is 4.11. The van der Waals surface area contributed by atoms with Crippen LogP contribution in [0.15, 0.2) is 82.6 Å². The quantitative estimate of drug-likeness (QED) is 0.370. The molecule has 7 nitrogen and oxygen atoms in total. The molecule has 2 aromatic carbocycles. The number of rotatable bonds is 7. The summed E-state index contributed by atoms with van der Waals surface area (Å²) in [5.74, 6) is 0.577. The molecule has 0 aliphatic carbocycles. The number of hydrogen-bond acceptors (Lipinski definition) is 5. The minimum absolute atomic E-state index is 0.143. The first kappa shape index (κ1) is 21.8. The Balaban J connectivity index is 1.40. The van der Waals surface area contributed by atoms with Crippen molar-refractivity contribution in [1.29, 1.82) is 0 Å². The number of amides is 1. The van der Waals surface area contributed by atoms with Crippen LogP contribution in [0.25, 0.3) is 5.69 Å². The summed E-state index contributed by atoms with van der Waals surface area (Å²) < 4.78 is 7.45. The zero-order valence-electron chi connectivity index (χ0n) is 19.4. The minimum atomic E-state index is -0.282. The molecule has 0 bridgehead atoms. The summed E-state index contributed by atoms with van der Waals surface area (Å²) in [6.45, 7) is 4.17. The summed E-state index contributed by atoms with van der Waals surface area (Å²) in [5.41, 5.74) is 5.45. The molecule has 1 amide bonds. The van der Waals surface area contributed by atoms with Crippen molar-refractivity contribution in [2.75, 3.05) is 0 Å². The van der Waals surface area contributed by atoms with Gasteiger partial charge in [-0.2, -0.15) is 5.10 Å². The monoisotopic (exact) mass is 453 g/mol. The third-order valence-electron chi connectivity index (χ3n) is 6.08. The van der Waals surface area contributed by atoms with Gasteiger partial charge in [-0.15, -0.1) is 5.10 Å². The average molecular weight is 454 g/mol. The van der Waals surface area contributed by atoms with Gasteiger partial charge >= 0.3 is 0 Å². The molecule has 7 heteroatoms. The number of nitrogens with zero attached hydrogens (tertiary/aromatic N) is 5. The molecule has 34 heavy (non-hydrogen) atoms. The highest BCUT2D eigenvalue weighted by Gasteiger charge is 2.35. The highest BCUT2D eigenvalue weighted by atomic mass is 16.3. The normalized spacial score (nSPS) is 15.5. The molecule has 0 N–H and O–H groups in total. The molecule has 0 saturated carbocycles. The molecule has 1 atom stereocenters. The summed E-state index contributed by atoms with van der Waals surface area (Å²) in [4.78, 5) is 13.3. The van der Waals surface area contributed by atoms with Gasteiger partial charge in [0.1, 0.15) is 11.8 Å². The highest BCUT2D eigenvalue weighted by molar-refractivity contribution is 6.05. The van der Waals surface area contributed by atoms with Crippen molar-refractivity contribution in [3.63, 3.8) is 0 Å².